The second-order valence-electron chi connectivity index (χ2n) is 6.08. The van der Waals surface area contributed by atoms with E-state index in [2.05, 4.69) is 10.4 Å². The van der Waals surface area contributed by atoms with Crippen LogP contribution in [0.15, 0.2) is 12.4 Å². The second kappa shape index (κ2) is 6.05. The number of aryl methyl sites for hydroxylation is 1. The number of hydrogen-bond donors (Lipinski definition) is 1. The SMILES string of the molecule is COC1CC(C(=O)N[C@H]2CCC[C@H]2Oc2cnn(C)c2)C1. The van der Waals surface area contributed by atoms with Crippen LogP contribution in [-0.2, 0) is 16.6 Å². The van der Waals surface area contributed by atoms with Crippen LogP contribution in [0.4, 0.5) is 0 Å². The van der Waals surface area contributed by atoms with Crippen LogP contribution in [-0.4, -0.2) is 41.0 Å². The lowest BCUT2D eigenvalue weighted by atomic mass is 9.81. The van der Waals surface area contributed by atoms with Crippen molar-refractivity contribution in [3.05, 3.63) is 12.4 Å². The molecule has 0 unspecified atom stereocenters. The predicted molar refractivity (Wildman–Crippen MR) is 76.9 cm³/mol. The first-order valence-corrected chi connectivity index (χ1v) is 7.64. The normalized spacial score (nSPS) is 31.7. The standard InChI is InChI=1S/C15H23N3O3/c1-18-9-12(8-16-18)21-14-5-3-4-13(14)17-15(19)10-6-11(7-10)20-2/h8-11,13-14H,3-7H2,1-2H3,(H,17,19)/t10?,11?,13-,14+/m0/s1. The molecule has 6 heteroatoms. The van der Waals surface area contributed by atoms with Gasteiger partial charge >= 0.3 is 0 Å². The van der Waals surface area contributed by atoms with Gasteiger partial charge in [0.25, 0.3) is 0 Å². The minimum Gasteiger partial charge on any atom is -0.485 e. The van der Waals surface area contributed by atoms with E-state index in [1.807, 2.05) is 13.2 Å². The molecule has 1 N–H and O–H groups in total. The summed E-state index contributed by atoms with van der Waals surface area (Å²) in [5.41, 5.74) is 0. The number of aromatic nitrogens is 2. The van der Waals surface area contributed by atoms with Gasteiger partial charge in [-0.3, -0.25) is 9.48 Å². The average molecular weight is 293 g/mol. The Labute approximate surface area is 124 Å². The van der Waals surface area contributed by atoms with Gasteiger partial charge in [0.1, 0.15) is 6.10 Å². The van der Waals surface area contributed by atoms with Gasteiger partial charge < -0.3 is 14.8 Å². The van der Waals surface area contributed by atoms with E-state index in [9.17, 15) is 4.79 Å². The number of nitrogens with one attached hydrogen (secondary N) is 1. The maximum atomic E-state index is 12.2. The largest absolute Gasteiger partial charge is 0.485 e. The average Bonchev–Trinajstić information content (AvgIpc) is 2.99. The van der Waals surface area contributed by atoms with Crippen molar-refractivity contribution in [2.75, 3.05) is 7.11 Å². The van der Waals surface area contributed by atoms with Crippen molar-refractivity contribution >= 4 is 5.91 Å². The lowest BCUT2D eigenvalue weighted by Crippen LogP contribution is -2.48. The Morgan fingerprint density at radius 2 is 2.24 bits per heavy atom. The summed E-state index contributed by atoms with van der Waals surface area (Å²) in [7, 11) is 3.57. The number of amides is 1. The maximum Gasteiger partial charge on any atom is 0.223 e. The summed E-state index contributed by atoms with van der Waals surface area (Å²) in [6, 6.07) is 0.110. The smallest absolute Gasteiger partial charge is 0.223 e. The summed E-state index contributed by atoms with van der Waals surface area (Å²) in [5.74, 6) is 1.02. The molecule has 0 aliphatic heterocycles. The Morgan fingerprint density at radius 3 is 2.90 bits per heavy atom. The predicted octanol–water partition coefficient (Wildman–Crippen LogP) is 1.26. The van der Waals surface area contributed by atoms with Crippen LogP contribution in [0.25, 0.3) is 0 Å². The van der Waals surface area contributed by atoms with Crippen molar-refractivity contribution in [2.24, 2.45) is 13.0 Å². The van der Waals surface area contributed by atoms with Crippen LogP contribution in [0.3, 0.4) is 0 Å². The second-order valence-corrected chi connectivity index (χ2v) is 6.08. The fourth-order valence-electron chi connectivity index (χ4n) is 3.14. The van der Waals surface area contributed by atoms with Crippen LogP contribution in [0, 0.1) is 5.92 Å². The fourth-order valence-corrected chi connectivity index (χ4v) is 3.14. The summed E-state index contributed by atoms with van der Waals surface area (Å²) in [6.45, 7) is 0. The molecular weight excluding hydrogens is 270 g/mol. The molecule has 1 heterocycles. The van der Waals surface area contributed by atoms with Crippen molar-refractivity contribution in [3.63, 3.8) is 0 Å². The number of carbonyl (C=O) groups is 1. The lowest BCUT2D eigenvalue weighted by molar-refractivity contribution is -0.133. The molecule has 0 spiro atoms. The lowest BCUT2D eigenvalue weighted by Gasteiger charge is -2.34. The molecule has 116 valence electrons. The number of nitrogens with zero attached hydrogens (tertiary/aromatic N) is 2. The van der Waals surface area contributed by atoms with Gasteiger partial charge in [0, 0.05) is 20.1 Å². The molecule has 0 bridgehead atoms. The topological polar surface area (TPSA) is 65.4 Å². The monoisotopic (exact) mass is 293 g/mol. The van der Waals surface area contributed by atoms with E-state index in [4.69, 9.17) is 9.47 Å². The fraction of sp³-hybridized carbons (Fsp3) is 0.733. The van der Waals surface area contributed by atoms with E-state index < -0.39 is 0 Å². The highest BCUT2D eigenvalue weighted by atomic mass is 16.5. The highest BCUT2D eigenvalue weighted by molar-refractivity contribution is 5.80. The van der Waals surface area contributed by atoms with Gasteiger partial charge in [-0.15, -0.1) is 0 Å². The van der Waals surface area contributed by atoms with Gasteiger partial charge in [-0.1, -0.05) is 0 Å². The van der Waals surface area contributed by atoms with Crippen LogP contribution in [0.5, 0.6) is 5.75 Å². The van der Waals surface area contributed by atoms with Gasteiger partial charge in [-0.25, -0.2) is 0 Å². The third-order valence-electron chi connectivity index (χ3n) is 4.55. The molecule has 0 aromatic carbocycles. The number of methoxy groups -OCH3 is 1. The van der Waals surface area contributed by atoms with Crippen molar-refractivity contribution in [2.45, 2.75) is 50.4 Å². The molecule has 2 saturated carbocycles. The number of hydrogen-bond acceptors (Lipinski definition) is 4. The Morgan fingerprint density at radius 1 is 1.43 bits per heavy atom. The summed E-state index contributed by atoms with van der Waals surface area (Å²) in [4.78, 5) is 12.2. The Bertz CT molecular complexity index is 496. The molecule has 1 amide bonds. The molecule has 2 atom stereocenters. The van der Waals surface area contributed by atoms with Gasteiger partial charge in [0.15, 0.2) is 5.75 Å². The van der Waals surface area contributed by atoms with Crippen molar-refractivity contribution in [3.8, 4) is 5.75 Å². The van der Waals surface area contributed by atoms with E-state index in [-0.39, 0.29) is 30.1 Å². The van der Waals surface area contributed by atoms with Crippen LogP contribution in [0.1, 0.15) is 32.1 Å². The van der Waals surface area contributed by atoms with Gasteiger partial charge in [0.2, 0.25) is 5.91 Å². The molecule has 1 aromatic rings. The van der Waals surface area contributed by atoms with Gasteiger partial charge in [-0.05, 0) is 32.1 Å². The molecule has 0 saturated heterocycles. The first-order valence-electron chi connectivity index (χ1n) is 7.64. The van der Waals surface area contributed by atoms with Gasteiger partial charge in [0.05, 0.1) is 24.5 Å². The van der Waals surface area contributed by atoms with Crippen molar-refractivity contribution in [1.29, 1.82) is 0 Å². The van der Waals surface area contributed by atoms with E-state index in [1.165, 1.54) is 0 Å². The number of ether oxygens (including phenoxy) is 2. The molecular formula is C15H23N3O3. The minimum absolute atomic E-state index is 0.0523. The molecule has 2 aliphatic carbocycles. The highest BCUT2D eigenvalue weighted by Gasteiger charge is 2.37. The zero-order valence-corrected chi connectivity index (χ0v) is 12.6. The van der Waals surface area contributed by atoms with Crippen LogP contribution >= 0.6 is 0 Å². The zero-order chi connectivity index (χ0) is 14.8. The quantitative estimate of drug-likeness (QED) is 0.887. The van der Waals surface area contributed by atoms with E-state index in [0.717, 1.165) is 37.9 Å². The van der Waals surface area contributed by atoms with E-state index in [1.54, 1.807) is 18.0 Å². The van der Waals surface area contributed by atoms with Gasteiger partial charge in [-0.2, -0.15) is 5.10 Å². The molecule has 2 fully saturated rings. The Hall–Kier alpha value is -1.56. The van der Waals surface area contributed by atoms with Crippen LogP contribution < -0.4 is 10.1 Å². The summed E-state index contributed by atoms with van der Waals surface area (Å²) in [6.07, 6.45) is 8.59. The Balaban J connectivity index is 1.51. The first kappa shape index (κ1) is 14.4. The third-order valence-corrected chi connectivity index (χ3v) is 4.55. The molecule has 21 heavy (non-hydrogen) atoms. The summed E-state index contributed by atoms with van der Waals surface area (Å²) in [5, 5.41) is 7.26. The first-order chi connectivity index (χ1) is 10.2. The molecule has 2 aliphatic rings. The number of rotatable bonds is 5. The van der Waals surface area contributed by atoms with E-state index in [0.29, 0.717) is 0 Å². The number of carbonyl (C=O) groups excluding carboxylic acids is 1. The Kier molecular flexibility index (Phi) is 4.14. The third kappa shape index (κ3) is 3.20. The maximum absolute atomic E-state index is 12.2. The highest BCUT2D eigenvalue weighted by Crippen LogP contribution is 2.31. The zero-order valence-electron chi connectivity index (χ0n) is 12.6. The summed E-state index contributed by atoms with van der Waals surface area (Å²) < 4.78 is 12.9. The minimum atomic E-state index is 0.0523. The molecule has 6 nitrogen and oxygen atoms in total. The van der Waals surface area contributed by atoms with Crippen molar-refractivity contribution < 1.29 is 14.3 Å². The van der Waals surface area contributed by atoms with E-state index >= 15 is 0 Å². The van der Waals surface area contributed by atoms with Crippen molar-refractivity contribution in [1.82, 2.24) is 15.1 Å². The van der Waals surface area contributed by atoms with Crippen LogP contribution in [0.2, 0.25) is 0 Å². The molecule has 0 radical (unpaired) electrons. The molecule has 3 rings (SSSR count). The summed E-state index contributed by atoms with van der Waals surface area (Å²) >= 11 is 0. The molecule has 1 aromatic heterocycles.